The van der Waals surface area contributed by atoms with Crippen LogP contribution in [0, 0.1) is 0 Å². The monoisotopic (exact) mass is 248 g/mol. The molecule has 0 spiro atoms. The third kappa shape index (κ3) is 3.04. The van der Waals surface area contributed by atoms with Gasteiger partial charge in [-0.25, -0.2) is 4.98 Å². The lowest BCUT2D eigenvalue weighted by atomic mass is 10.4. The number of rotatable bonds is 3. The number of nitrogens with one attached hydrogen (secondary N) is 1. The first kappa shape index (κ1) is 11.1. The molecule has 0 amide bonds. The molecule has 1 aliphatic rings. The van der Waals surface area contributed by atoms with E-state index >= 15 is 0 Å². The van der Waals surface area contributed by atoms with Crippen LogP contribution in [0.1, 0.15) is 13.8 Å². The molecular formula is C9H13ClN2O2S. The third-order valence-electron chi connectivity index (χ3n) is 2.02. The molecule has 84 valence electrons. The molecule has 1 aromatic rings. The molecule has 15 heavy (non-hydrogen) atoms. The van der Waals surface area contributed by atoms with Gasteiger partial charge in [-0.2, -0.15) is 0 Å². The first-order valence-electron chi connectivity index (χ1n) is 4.72. The van der Waals surface area contributed by atoms with Gasteiger partial charge in [0.15, 0.2) is 10.9 Å². The molecule has 2 rings (SSSR count). The molecule has 1 fully saturated rings. The Morgan fingerprint density at radius 1 is 1.73 bits per heavy atom. The predicted molar refractivity (Wildman–Crippen MR) is 60.5 cm³/mol. The van der Waals surface area contributed by atoms with Crippen molar-refractivity contribution >= 4 is 28.1 Å². The third-order valence-corrected chi connectivity index (χ3v) is 3.15. The Morgan fingerprint density at radius 3 is 3.07 bits per heavy atom. The zero-order valence-corrected chi connectivity index (χ0v) is 10.2. The summed E-state index contributed by atoms with van der Waals surface area (Å²) in [6, 6.07) is 0. The average molecular weight is 249 g/mol. The lowest BCUT2D eigenvalue weighted by Crippen LogP contribution is -2.25. The summed E-state index contributed by atoms with van der Waals surface area (Å²) < 4.78 is 11.1. The number of thiazole rings is 1. The van der Waals surface area contributed by atoms with Crippen molar-refractivity contribution in [2.24, 2.45) is 0 Å². The van der Waals surface area contributed by atoms with E-state index < -0.39 is 5.79 Å². The van der Waals surface area contributed by atoms with Crippen LogP contribution in [0.2, 0.25) is 5.15 Å². The van der Waals surface area contributed by atoms with Crippen molar-refractivity contribution < 1.29 is 9.47 Å². The van der Waals surface area contributed by atoms with E-state index in [2.05, 4.69) is 10.3 Å². The normalized spacial score (nSPS) is 24.3. The van der Waals surface area contributed by atoms with Gasteiger partial charge in [-0.1, -0.05) is 11.6 Å². The van der Waals surface area contributed by atoms with E-state index in [1.807, 2.05) is 13.8 Å². The van der Waals surface area contributed by atoms with Crippen LogP contribution >= 0.6 is 22.9 Å². The van der Waals surface area contributed by atoms with Crippen LogP contribution in [0.4, 0.5) is 5.13 Å². The summed E-state index contributed by atoms with van der Waals surface area (Å²) in [6.07, 6.45) is 0.0719. The van der Waals surface area contributed by atoms with E-state index in [1.165, 1.54) is 11.3 Å². The maximum Gasteiger partial charge on any atom is 0.184 e. The van der Waals surface area contributed by atoms with Gasteiger partial charge >= 0.3 is 0 Å². The molecule has 0 saturated carbocycles. The van der Waals surface area contributed by atoms with E-state index in [9.17, 15) is 0 Å². The molecule has 2 heterocycles. The molecule has 0 radical (unpaired) electrons. The molecule has 0 aliphatic carbocycles. The molecule has 1 unspecified atom stereocenters. The summed E-state index contributed by atoms with van der Waals surface area (Å²) in [5, 5.41) is 6.29. The Labute approximate surface area is 97.6 Å². The maximum absolute atomic E-state index is 5.70. The molecule has 4 nitrogen and oxygen atoms in total. The lowest BCUT2D eigenvalue weighted by Gasteiger charge is -2.17. The Bertz CT molecular complexity index is 343. The number of nitrogens with zero attached hydrogens (tertiary/aromatic N) is 1. The second kappa shape index (κ2) is 4.25. The van der Waals surface area contributed by atoms with Crippen LogP contribution in [0.15, 0.2) is 5.38 Å². The smallest absolute Gasteiger partial charge is 0.184 e. The second-order valence-electron chi connectivity index (χ2n) is 3.81. The molecular weight excluding hydrogens is 236 g/mol. The van der Waals surface area contributed by atoms with Crippen molar-refractivity contribution in [3.8, 4) is 0 Å². The van der Waals surface area contributed by atoms with Gasteiger partial charge in [-0.3, -0.25) is 0 Å². The quantitative estimate of drug-likeness (QED) is 0.892. The number of halogens is 1. The van der Waals surface area contributed by atoms with Crippen LogP contribution in [0.5, 0.6) is 0 Å². The van der Waals surface area contributed by atoms with Crippen LogP contribution in [0.25, 0.3) is 0 Å². The zero-order valence-electron chi connectivity index (χ0n) is 8.62. The largest absolute Gasteiger partial charge is 0.359 e. The first-order valence-corrected chi connectivity index (χ1v) is 5.97. The SMILES string of the molecule is CC1(C)OCC(CNc2nc(Cl)cs2)O1. The number of hydrogen-bond donors (Lipinski definition) is 1. The highest BCUT2D eigenvalue weighted by Gasteiger charge is 2.32. The highest BCUT2D eigenvalue weighted by molar-refractivity contribution is 7.14. The average Bonchev–Trinajstić information content (AvgIpc) is 2.69. The fraction of sp³-hybridized carbons (Fsp3) is 0.667. The van der Waals surface area contributed by atoms with E-state index in [0.29, 0.717) is 18.3 Å². The zero-order chi connectivity index (χ0) is 10.9. The number of anilines is 1. The number of hydrogen-bond acceptors (Lipinski definition) is 5. The molecule has 6 heteroatoms. The van der Waals surface area contributed by atoms with E-state index in [4.69, 9.17) is 21.1 Å². The summed E-state index contributed by atoms with van der Waals surface area (Å²) in [5.41, 5.74) is 0. The summed E-state index contributed by atoms with van der Waals surface area (Å²) >= 11 is 7.19. The van der Waals surface area contributed by atoms with Crippen LogP contribution in [-0.4, -0.2) is 30.0 Å². The van der Waals surface area contributed by atoms with Crippen LogP contribution in [-0.2, 0) is 9.47 Å². The topological polar surface area (TPSA) is 43.4 Å². The minimum Gasteiger partial charge on any atom is -0.359 e. The molecule has 1 N–H and O–H groups in total. The number of ether oxygens (including phenoxy) is 2. The van der Waals surface area contributed by atoms with Crippen LogP contribution < -0.4 is 5.32 Å². The molecule has 1 aliphatic heterocycles. The van der Waals surface area contributed by atoms with E-state index in [-0.39, 0.29) is 6.10 Å². The predicted octanol–water partition coefficient (Wildman–Crippen LogP) is 2.36. The van der Waals surface area contributed by atoms with Crippen molar-refractivity contribution in [1.29, 1.82) is 0 Å². The Balaban J connectivity index is 1.80. The van der Waals surface area contributed by atoms with Crippen molar-refractivity contribution in [3.63, 3.8) is 0 Å². The van der Waals surface area contributed by atoms with Gasteiger partial charge in [-0.05, 0) is 13.8 Å². The summed E-state index contributed by atoms with van der Waals surface area (Å²) in [4.78, 5) is 4.08. The van der Waals surface area contributed by atoms with E-state index in [0.717, 1.165) is 5.13 Å². The van der Waals surface area contributed by atoms with Gasteiger partial charge in [0.05, 0.1) is 6.61 Å². The molecule has 1 saturated heterocycles. The molecule has 1 aromatic heterocycles. The molecule has 1 atom stereocenters. The van der Waals surface area contributed by atoms with Gasteiger partial charge in [-0.15, -0.1) is 11.3 Å². The Kier molecular flexibility index (Phi) is 3.16. The van der Waals surface area contributed by atoms with Crippen molar-refractivity contribution in [3.05, 3.63) is 10.5 Å². The first-order chi connectivity index (χ1) is 7.05. The van der Waals surface area contributed by atoms with E-state index in [1.54, 1.807) is 5.38 Å². The summed E-state index contributed by atoms with van der Waals surface area (Å²) in [5.74, 6) is -0.465. The summed E-state index contributed by atoms with van der Waals surface area (Å²) in [6.45, 7) is 5.12. The standard InChI is InChI=1S/C9H13ClN2O2S/c1-9(2)13-4-6(14-9)3-11-8-12-7(10)5-15-8/h5-6H,3-4H2,1-2H3,(H,11,12). The maximum atomic E-state index is 5.70. The van der Waals surface area contributed by atoms with Gasteiger partial charge in [0, 0.05) is 11.9 Å². The highest BCUT2D eigenvalue weighted by atomic mass is 35.5. The second-order valence-corrected chi connectivity index (χ2v) is 5.05. The highest BCUT2D eigenvalue weighted by Crippen LogP contribution is 2.23. The Morgan fingerprint density at radius 2 is 2.53 bits per heavy atom. The minimum absolute atomic E-state index is 0.0719. The minimum atomic E-state index is -0.465. The van der Waals surface area contributed by atoms with Gasteiger partial charge in [0.2, 0.25) is 0 Å². The molecule has 0 bridgehead atoms. The molecule has 0 aromatic carbocycles. The van der Waals surface area contributed by atoms with Gasteiger partial charge in [0.25, 0.3) is 0 Å². The van der Waals surface area contributed by atoms with Crippen LogP contribution in [0.3, 0.4) is 0 Å². The van der Waals surface area contributed by atoms with Crippen molar-refractivity contribution in [2.45, 2.75) is 25.7 Å². The number of aromatic nitrogens is 1. The van der Waals surface area contributed by atoms with Crippen molar-refractivity contribution in [2.75, 3.05) is 18.5 Å². The summed E-state index contributed by atoms with van der Waals surface area (Å²) in [7, 11) is 0. The van der Waals surface area contributed by atoms with Gasteiger partial charge < -0.3 is 14.8 Å². The fourth-order valence-electron chi connectivity index (χ4n) is 1.40. The van der Waals surface area contributed by atoms with Gasteiger partial charge in [0.1, 0.15) is 11.3 Å². The fourth-order valence-corrected chi connectivity index (χ4v) is 2.25. The lowest BCUT2D eigenvalue weighted by molar-refractivity contribution is -0.136. The Hall–Kier alpha value is -0.360. The van der Waals surface area contributed by atoms with Crippen molar-refractivity contribution in [1.82, 2.24) is 4.98 Å².